The second-order valence-corrected chi connectivity index (χ2v) is 9.51. The minimum absolute atomic E-state index is 0.0354. The van der Waals surface area contributed by atoms with Crippen molar-refractivity contribution in [2.24, 2.45) is 0 Å². The highest BCUT2D eigenvalue weighted by molar-refractivity contribution is 5.96. The van der Waals surface area contributed by atoms with Gasteiger partial charge in [-0.1, -0.05) is 12.1 Å². The van der Waals surface area contributed by atoms with Gasteiger partial charge < -0.3 is 19.9 Å². The zero-order valence-electron chi connectivity index (χ0n) is 21.3. The first kappa shape index (κ1) is 27.6. The number of aliphatic hydroxyl groups excluding tert-OH is 1. The van der Waals surface area contributed by atoms with Crippen LogP contribution in [0.2, 0.25) is 0 Å². The number of hydrogen-bond acceptors (Lipinski definition) is 6. The number of amides is 1. The average Bonchev–Trinajstić information content (AvgIpc) is 3.27. The fourth-order valence-corrected chi connectivity index (χ4v) is 4.31. The molecule has 1 amide bonds. The van der Waals surface area contributed by atoms with E-state index in [4.69, 9.17) is 9.47 Å². The van der Waals surface area contributed by atoms with Gasteiger partial charge in [-0.25, -0.2) is 4.39 Å². The number of rotatable bonds is 13. The molecule has 1 aliphatic rings. The molecule has 0 radical (unpaired) electrons. The molecule has 3 atom stereocenters. The van der Waals surface area contributed by atoms with E-state index in [2.05, 4.69) is 5.32 Å². The second-order valence-electron chi connectivity index (χ2n) is 9.51. The van der Waals surface area contributed by atoms with E-state index in [1.807, 2.05) is 18.7 Å². The molecule has 2 aromatic carbocycles. The van der Waals surface area contributed by atoms with Crippen LogP contribution in [-0.4, -0.2) is 66.8 Å². The molecule has 36 heavy (non-hydrogen) atoms. The van der Waals surface area contributed by atoms with Crippen LogP contribution < -0.4 is 14.8 Å². The Balaban J connectivity index is 1.57. The molecule has 0 unspecified atom stereocenters. The SMILES string of the molecule is COc1ccc(C(=O)CCCC(=O)N[C@H](CN2CC[C@@H](F)C2)[C@H](O)c2ccc(OC(C)C)cc2)cc1. The number of ketones is 1. The molecular weight excluding hydrogens is 463 g/mol. The van der Waals surface area contributed by atoms with Crippen molar-refractivity contribution in [2.45, 2.75) is 64.0 Å². The van der Waals surface area contributed by atoms with Gasteiger partial charge in [0.25, 0.3) is 0 Å². The van der Waals surface area contributed by atoms with E-state index in [9.17, 15) is 19.1 Å². The molecule has 196 valence electrons. The number of carbonyl (C=O) groups excluding carboxylic acids is 2. The standard InChI is InChI=1S/C28H37FN2O5/c1-19(2)36-24-13-9-21(10-14-24)28(34)25(18-31-16-15-22(29)17-31)30-27(33)6-4-5-26(32)20-7-11-23(35-3)12-8-20/h7-14,19,22,25,28,34H,4-6,15-18H2,1-3H3,(H,30,33)/t22-,25-,28-/m1/s1. The van der Waals surface area contributed by atoms with E-state index in [1.165, 1.54) is 0 Å². The lowest BCUT2D eigenvalue weighted by molar-refractivity contribution is -0.123. The third kappa shape index (κ3) is 8.31. The number of nitrogens with zero attached hydrogens (tertiary/aromatic N) is 1. The van der Waals surface area contributed by atoms with Crippen LogP contribution in [0.15, 0.2) is 48.5 Å². The normalized spacial score (nSPS) is 17.6. The summed E-state index contributed by atoms with van der Waals surface area (Å²) in [5, 5.41) is 14.0. The Morgan fingerprint density at radius 3 is 2.33 bits per heavy atom. The van der Waals surface area contributed by atoms with E-state index in [1.54, 1.807) is 55.6 Å². The molecule has 3 rings (SSSR count). The van der Waals surface area contributed by atoms with Gasteiger partial charge in [-0.2, -0.15) is 0 Å². The Hall–Kier alpha value is -2.97. The molecule has 1 aliphatic heterocycles. The van der Waals surface area contributed by atoms with E-state index >= 15 is 0 Å². The van der Waals surface area contributed by atoms with Crippen molar-refractivity contribution in [3.63, 3.8) is 0 Å². The van der Waals surface area contributed by atoms with E-state index in [0.29, 0.717) is 48.6 Å². The summed E-state index contributed by atoms with van der Waals surface area (Å²) in [6.45, 7) is 5.08. The van der Waals surface area contributed by atoms with Crippen molar-refractivity contribution in [3.05, 3.63) is 59.7 Å². The first-order valence-corrected chi connectivity index (χ1v) is 12.5. The van der Waals surface area contributed by atoms with Gasteiger partial charge >= 0.3 is 0 Å². The Morgan fingerprint density at radius 1 is 1.08 bits per heavy atom. The molecule has 0 saturated carbocycles. The maximum atomic E-state index is 13.7. The number of aliphatic hydroxyl groups is 1. The van der Waals surface area contributed by atoms with Crippen molar-refractivity contribution in [1.29, 1.82) is 0 Å². The number of carbonyl (C=O) groups is 2. The molecule has 2 N–H and O–H groups in total. The molecule has 1 fully saturated rings. The molecule has 0 bridgehead atoms. The zero-order chi connectivity index (χ0) is 26.1. The summed E-state index contributed by atoms with van der Waals surface area (Å²) in [4.78, 5) is 27.1. The van der Waals surface area contributed by atoms with Gasteiger partial charge in [-0.05, 0) is 68.7 Å². The lowest BCUT2D eigenvalue weighted by Crippen LogP contribution is -2.46. The number of nitrogens with one attached hydrogen (secondary N) is 1. The van der Waals surface area contributed by atoms with Crippen LogP contribution in [0.5, 0.6) is 11.5 Å². The number of Topliss-reactive ketones (excluding diaryl/α,β-unsaturated/α-hetero) is 1. The molecule has 7 nitrogen and oxygen atoms in total. The predicted octanol–water partition coefficient (Wildman–Crippen LogP) is 4.10. The molecule has 0 aromatic heterocycles. The van der Waals surface area contributed by atoms with E-state index in [-0.39, 0.29) is 37.2 Å². The van der Waals surface area contributed by atoms with E-state index < -0.39 is 18.3 Å². The largest absolute Gasteiger partial charge is 0.497 e. The van der Waals surface area contributed by atoms with Crippen LogP contribution in [0.1, 0.15) is 61.6 Å². The summed E-state index contributed by atoms with van der Waals surface area (Å²) in [5.41, 5.74) is 1.21. The molecule has 0 aliphatic carbocycles. The third-order valence-electron chi connectivity index (χ3n) is 6.21. The van der Waals surface area contributed by atoms with Crippen molar-refractivity contribution in [2.75, 3.05) is 26.7 Å². The number of likely N-dealkylation sites (tertiary alicyclic amines) is 1. The summed E-state index contributed by atoms with van der Waals surface area (Å²) < 4.78 is 24.5. The van der Waals surface area contributed by atoms with Crippen LogP contribution >= 0.6 is 0 Å². The molecule has 8 heteroatoms. The number of halogens is 1. The van der Waals surface area contributed by atoms with Gasteiger partial charge in [0.1, 0.15) is 23.8 Å². The fraction of sp³-hybridized carbons (Fsp3) is 0.500. The van der Waals surface area contributed by atoms with Crippen LogP contribution in [0, 0.1) is 0 Å². The highest BCUT2D eigenvalue weighted by Gasteiger charge is 2.29. The summed E-state index contributed by atoms with van der Waals surface area (Å²) in [6, 6.07) is 13.4. The van der Waals surface area contributed by atoms with Crippen molar-refractivity contribution in [3.8, 4) is 11.5 Å². The number of methoxy groups -OCH3 is 1. The number of benzene rings is 2. The van der Waals surface area contributed by atoms with Gasteiger partial charge in [0.2, 0.25) is 5.91 Å². The molecule has 0 spiro atoms. The smallest absolute Gasteiger partial charge is 0.220 e. The Labute approximate surface area is 212 Å². The Morgan fingerprint density at radius 2 is 1.75 bits per heavy atom. The molecule has 2 aromatic rings. The van der Waals surface area contributed by atoms with Gasteiger partial charge in [-0.3, -0.25) is 14.5 Å². The highest BCUT2D eigenvalue weighted by Crippen LogP contribution is 2.23. The van der Waals surface area contributed by atoms with Crippen LogP contribution in [0.3, 0.4) is 0 Å². The number of alkyl halides is 1. The minimum atomic E-state index is -0.971. The van der Waals surface area contributed by atoms with Crippen molar-refractivity contribution < 1.29 is 28.6 Å². The van der Waals surface area contributed by atoms with Crippen LogP contribution in [0.25, 0.3) is 0 Å². The average molecular weight is 501 g/mol. The summed E-state index contributed by atoms with van der Waals surface area (Å²) in [6.07, 6.45) is -0.606. The fourth-order valence-electron chi connectivity index (χ4n) is 4.31. The van der Waals surface area contributed by atoms with Gasteiger partial charge in [-0.15, -0.1) is 0 Å². The highest BCUT2D eigenvalue weighted by atomic mass is 19.1. The number of ether oxygens (including phenoxy) is 2. The van der Waals surface area contributed by atoms with Gasteiger partial charge in [0.15, 0.2) is 5.78 Å². The van der Waals surface area contributed by atoms with Gasteiger partial charge in [0.05, 0.1) is 19.3 Å². The maximum Gasteiger partial charge on any atom is 0.220 e. The number of hydrogen-bond donors (Lipinski definition) is 2. The Kier molecular flexibility index (Phi) is 10.3. The minimum Gasteiger partial charge on any atom is -0.497 e. The van der Waals surface area contributed by atoms with E-state index in [0.717, 1.165) is 0 Å². The lowest BCUT2D eigenvalue weighted by Gasteiger charge is -2.29. The molecular formula is C28H37FN2O5. The lowest BCUT2D eigenvalue weighted by atomic mass is 10.0. The van der Waals surface area contributed by atoms with Crippen molar-refractivity contribution in [1.82, 2.24) is 10.2 Å². The topological polar surface area (TPSA) is 88.1 Å². The van der Waals surface area contributed by atoms with Crippen molar-refractivity contribution >= 4 is 11.7 Å². The second kappa shape index (κ2) is 13.4. The van der Waals surface area contributed by atoms with Crippen LogP contribution in [-0.2, 0) is 4.79 Å². The summed E-state index contributed by atoms with van der Waals surface area (Å²) in [7, 11) is 1.57. The Bertz CT molecular complexity index is 980. The summed E-state index contributed by atoms with van der Waals surface area (Å²) in [5.74, 6) is 1.08. The maximum absolute atomic E-state index is 13.7. The zero-order valence-corrected chi connectivity index (χ0v) is 21.3. The summed E-state index contributed by atoms with van der Waals surface area (Å²) >= 11 is 0. The first-order chi connectivity index (χ1) is 17.2. The molecule has 1 saturated heterocycles. The first-order valence-electron chi connectivity index (χ1n) is 12.5. The third-order valence-corrected chi connectivity index (χ3v) is 6.21. The predicted molar refractivity (Wildman–Crippen MR) is 136 cm³/mol. The molecule has 1 heterocycles. The van der Waals surface area contributed by atoms with Gasteiger partial charge in [0, 0.05) is 38.0 Å². The quantitative estimate of drug-likeness (QED) is 0.403. The van der Waals surface area contributed by atoms with Crippen LogP contribution in [0.4, 0.5) is 4.39 Å². The monoisotopic (exact) mass is 500 g/mol.